The van der Waals surface area contributed by atoms with E-state index in [0.717, 1.165) is 27.8 Å². The molecule has 0 spiro atoms. The number of hydrogen-bond acceptors (Lipinski definition) is 5. The molecule has 1 aromatic carbocycles. The second-order valence-corrected chi connectivity index (χ2v) is 9.10. The SMILES string of the molecule is Cc1ccc(CC(=O)N2CCC(c3c(C(=O)NCCO)sc4ncccc34)C2)cc1C. The average molecular weight is 438 g/mol. The van der Waals surface area contributed by atoms with Crippen LogP contribution < -0.4 is 5.32 Å². The van der Waals surface area contributed by atoms with Gasteiger partial charge in [-0.1, -0.05) is 24.3 Å². The third-order valence-electron chi connectivity index (χ3n) is 5.98. The Morgan fingerprint density at radius 2 is 2.10 bits per heavy atom. The summed E-state index contributed by atoms with van der Waals surface area (Å²) in [6, 6.07) is 10.0. The van der Waals surface area contributed by atoms with E-state index in [9.17, 15) is 9.59 Å². The fourth-order valence-electron chi connectivity index (χ4n) is 4.20. The minimum absolute atomic E-state index is 0.0940. The maximum atomic E-state index is 13.0. The van der Waals surface area contributed by atoms with Crippen LogP contribution >= 0.6 is 11.3 Å². The number of likely N-dealkylation sites (tertiary alicyclic amines) is 1. The van der Waals surface area contributed by atoms with Crippen molar-refractivity contribution in [3.05, 3.63) is 63.7 Å². The summed E-state index contributed by atoms with van der Waals surface area (Å²) in [5, 5.41) is 12.8. The maximum Gasteiger partial charge on any atom is 0.261 e. The molecule has 0 bridgehead atoms. The number of hydrogen-bond donors (Lipinski definition) is 2. The second-order valence-electron chi connectivity index (χ2n) is 8.10. The van der Waals surface area contributed by atoms with Crippen molar-refractivity contribution in [1.29, 1.82) is 0 Å². The molecule has 1 fully saturated rings. The smallest absolute Gasteiger partial charge is 0.261 e. The minimum atomic E-state index is -0.188. The summed E-state index contributed by atoms with van der Waals surface area (Å²) < 4.78 is 0. The van der Waals surface area contributed by atoms with Crippen LogP contribution in [0.2, 0.25) is 0 Å². The lowest BCUT2D eigenvalue weighted by Crippen LogP contribution is -2.30. The molecule has 1 atom stereocenters. The Morgan fingerprint density at radius 3 is 2.87 bits per heavy atom. The molecule has 1 unspecified atom stereocenters. The Kier molecular flexibility index (Phi) is 6.34. The van der Waals surface area contributed by atoms with Crippen molar-refractivity contribution in [1.82, 2.24) is 15.2 Å². The number of aromatic nitrogens is 1. The summed E-state index contributed by atoms with van der Waals surface area (Å²) in [6.45, 7) is 5.53. The van der Waals surface area contributed by atoms with Gasteiger partial charge >= 0.3 is 0 Å². The summed E-state index contributed by atoms with van der Waals surface area (Å²) in [5.74, 6) is 0.0261. The Balaban J connectivity index is 1.55. The first-order valence-electron chi connectivity index (χ1n) is 10.6. The monoisotopic (exact) mass is 437 g/mol. The Hall–Kier alpha value is -2.77. The van der Waals surface area contributed by atoms with Gasteiger partial charge in [-0.2, -0.15) is 0 Å². The lowest BCUT2D eigenvalue weighted by atomic mass is 9.95. The third-order valence-corrected chi connectivity index (χ3v) is 7.11. The number of fused-ring (bicyclic) bond motifs is 1. The van der Waals surface area contributed by atoms with Gasteiger partial charge in [-0.25, -0.2) is 4.98 Å². The number of aliphatic hydroxyl groups excluding tert-OH is 1. The zero-order chi connectivity index (χ0) is 22.0. The van der Waals surface area contributed by atoms with E-state index in [4.69, 9.17) is 5.11 Å². The summed E-state index contributed by atoms with van der Waals surface area (Å²) in [4.78, 5) is 33.5. The number of pyridine rings is 1. The molecule has 0 aliphatic carbocycles. The molecule has 3 heterocycles. The summed E-state index contributed by atoms with van der Waals surface area (Å²) in [6.07, 6.45) is 2.94. The van der Waals surface area contributed by atoms with Crippen molar-refractivity contribution >= 4 is 33.4 Å². The first-order valence-corrected chi connectivity index (χ1v) is 11.4. The van der Waals surface area contributed by atoms with Crippen LogP contribution in [0, 0.1) is 13.8 Å². The quantitative estimate of drug-likeness (QED) is 0.621. The molecule has 1 saturated heterocycles. The average Bonchev–Trinajstić information content (AvgIpc) is 3.39. The minimum Gasteiger partial charge on any atom is -0.395 e. The van der Waals surface area contributed by atoms with Crippen LogP contribution in [0.5, 0.6) is 0 Å². The number of rotatable bonds is 6. The molecule has 0 saturated carbocycles. The van der Waals surface area contributed by atoms with Crippen LogP contribution in [0.1, 0.15) is 44.3 Å². The van der Waals surface area contributed by atoms with Gasteiger partial charge in [0, 0.05) is 37.1 Å². The highest BCUT2D eigenvalue weighted by Gasteiger charge is 2.32. The van der Waals surface area contributed by atoms with Crippen LogP contribution in [-0.2, 0) is 11.2 Å². The Morgan fingerprint density at radius 1 is 1.26 bits per heavy atom. The molecule has 2 amide bonds. The number of aliphatic hydroxyl groups is 1. The lowest BCUT2D eigenvalue weighted by Gasteiger charge is -2.18. The predicted octanol–water partition coefficient (Wildman–Crippen LogP) is 3.19. The maximum absolute atomic E-state index is 13.0. The normalized spacial score (nSPS) is 16.1. The van der Waals surface area contributed by atoms with Crippen molar-refractivity contribution in [2.75, 3.05) is 26.2 Å². The number of nitrogens with zero attached hydrogens (tertiary/aromatic N) is 2. The zero-order valence-corrected chi connectivity index (χ0v) is 18.7. The van der Waals surface area contributed by atoms with Crippen molar-refractivity contribution in [3.63, 3.8) is 0 Å². The van der Waals surface area contributed by atoms with Gasteiger partial charge in [0.2, 0.25) is 5.91 Å². The van der Waals surface area contributed by atoms with Crippen LogP contribution in [0.3, 0.4) is 0 Å². The Labute approximate surface area is 185 Å². The highest BCUT2D eigenvalue weighted by atomic mass is 32.1. The molecule has 0 radical (unpaired) electrons. The fourth-order valence-corrected chi connectivity index (χ4v) is 5.34. The van der Waals surface area contributed by atoms with Gasteiger partial charge in [-0.3, -0.25) is 9.59 Å². The number of thiophene rings is 1. The van der Waals surface area contributed by atoms with E-state index in [1.165, 1.54) is 22.5 Å². The molecule has 7 heteroatoms. The number of carbonyl (C=O) groups is 2. The van der Waals surface area contributed by atoms with Crippen molar-refractivity contribution in [3.8, 4) is 0 Å². The summed E-state index contributed by atoms with van der Waals surface area (Å²) >= 11 is 1.38. The topological polar surface area (TPSA) is 82.5 Å². The van der Waals surface area contributed by atoms with Gasteiger partial charge < -0.3 is 15.3 Å². The van der Waals surface area contributed by atoms with E-state index < -0.39 is 0 Å². The van der Waals surface area contributed by atoms with E-state index >= 15 is 0 Å². The van der Waals surface area contributed by atoms with Gasteiger partial charge in [0.25, 0.3) is 5.91 Å². The number of benzene rings is 1. The summed E-state index contributed by atoms with van der Waals surface area (Å²) in [7, 11) is 0. The van der Waals surface area contributed by atoms with Crippen molar-refractivity contribution in [2.45, 2.75) is 32.6 Å². The largest absolute Gasteiger partial charge is 0.395 e. The molecular weight excluding hydrogens is 410 g/mol. The van der Waals surface area contributed by atoms with Crippen molar-refractivity contribution < 1.29 is 14.7 Å². The molecule has 6 nitrogen and oxygen atoms in total. The molecule has 2 N–H and O–H groups in total. The molecule has 2 aromatic heterocycles. The zero-order valence-electron chi connectivity index (χ0n) is 17.9. The second kappa shape index (κ2) is 9.16. The molecular formula is C24H27N3O3S. The van der Waals surface area contributed by atoms with E-state index in [2.05, 4.69) is 36.3 Å². The molecule has 31 heavy (non-hydrogen) atoms. The van der Waals surface area contributed by atoms with Crippen LogP contribution in [0.25, 0.3) is 10.2 Å². The number of aryl methyl sites for hydroxylation is 2. The lowest BCUT2D eigenvalue weighted by molar-refractivity contribution is -0.129. The van der Waals surface area contributed by atoms with E-state index in [-0.39, 0.29) is 30.9 Å². The number of nitrogens with one attached hydrogen (secondary N) is 1. The Bertz CT molecular complexity index is 1120. The molecule has 162 valence electrons. The van der Waals surface area contributed by atoms with E-state index in [1.54, 1.807) is 6.20 Å². The first-order chi connectivity index (χ1) is 15.0. The van der Waals surface area contributed by atoms with Crippen LogP contribution in [0.4, 0.5) is 0 Å². The highest BCUT2D eigenvalue weighted by molar-refractivity contribution is 7.20. The van der Waals surface area contributed by atoms with E-state index in [0.29, 0.717) is 24.4 Å². The van der Waals surface area contributed by atoms with Gasteiger partial charge in [-0.05, 0) is 48.6 Å². The van der Waals surface area contributed by atoms with Crippen LogP contribution in [0.15, 0.2) is 36.5 Å². The van der Waals surface area contributed by atoms with Crippen molar-refractivity contribution in [2.24, 2.45) is 0 Å². The highest BCUT2D eigenvalue weighted by Crippen LogP contribution is 2.39. The van der Waals surface area contributed by atoms with Gasteiger partial charge in [0.05, 0.1) is 17.9 Å². The van der Waals surface area contributed by atoms with Crippen LogP contribution in [-0.4, -0.2) is 53.0 Å². The predicted molar refractivity (Wildman–Crippen MR) is 123 cm³/mol. The molecule has 1 aliphatic heterocycles. The number of carbonyl (C=O) groups excluding carboxylic acids is 2. The fraction of sp³-hybridized carbons (Fsp3) is 0.375. The molecule has 4 rings (SSSR count). The molecule has 1 aliphatic rings. The summed E-state index contributed by atoms with van der Waals surface area (Å²) in [5.41, 5.74) is 4.43. The number of amides is 2. The third kappa shape index (κ3) is 4.48. The first kappa shape index (κ1) is 21.5. The van der Waals surface area contributed by atoms with Gasteiger partial charge in [-0.15, -0.1) is 11.3 Å². The molecule has 3 aromatic rings. The van der Waals surface area contributed by atoms with Gasteiger partial charge in [0.1, 0.15) is 4.83 Å². The van der Waals surface area contributed by atoms with Gasteiger partial charge in [0.15, 0.2) is 0 Å². The van der Waals surface area contributed by atoms with E-state index in [1.807, 2.05) is 23.1 Å². The standard InChI is InChI=1S/C24H27N3O3S/c1-15-5-6-17(12-16(15)2)13-20(29)27-10-7-18(14-27)21-19-4-3-8-26-24(19)31-22(21)23(30)25-9-11-28/h3-6,8,12,18,28H,7,9-11,13-14H2,1-2H3,(H,25,30).